The van der Waals surface area contributed by atoms with Gasteiger partial charge in [-0.25, -0.2) is 9.37 Å². The summed E-state index contributed by atoms with van der Waals surface area (Å²) >= 11 is 0. The van der Waals surface area contributed by atoms with Gasteiger partial charge in [-0.05, 0) is 55.3 Å². The molecule has 2 heterocycles. The van der Waals surface area contributed by atoms with Crippen LogP contribution in [-0.2, 0) is 11.3 Å². The van der Waals surface area contributed by atoms with Crippen molar-refractivity contribution >= 4 is 22.6 Å². The number of anilines is 1. The van der Waals surface area contributed by atoms with Crippen LogP contribution in [0.2, 0.25) is 0 Å². The van der Waals surface area contributed by atoms with E-state index in [2.05, 4.69) is 0 Å². The summed E-state index contributed by atoms with van der Waals surface area (Å²) in [6.07, 6.45) is -0.557. The molecule has 1 aromatic heterocycles. The van der Waals surface area contributed by atoms with Gasteiger partial charge in [-0.3, -0.25) is 4.79 Å². The first-order chi connectivity index (χ1) is 16.9. The Morgan fingerprint density at radius 3 is 2.71 bits per heavy atom. The number of benzene rings is 3. The number of amides is 1. The molecule has 0 spiro atoms. The number of imidazole rings is 1. The fourth-order valence-electron chi connectivity index (χ4n) is 4.69. The zero-order chi connectivity index (χ0) is 24.5. The minimum Gasteiger partial charge on any atom is -0.491 e. The van der Waals surface area contributed by atoms with Crippen LogP contribution in [0.25, 0.3) is 11.0 Å². The third-order valence-corrected chi connectivity index (χ3v) is 6.49. The summed E-state index contributed by atoms with van der Waals surface area (Å²) in [5.74, 6) is 0.680. The van der Waals surface area contributed by atoms with Crippen molar-refractivity contribution in [3.8, 4) is 5.75 Å². The van der Waals surface area contributed by atoms with Crippen LogP contribution in [0, 0.1) is 19.7 Å². The van der Waals surface area contributed by atoms with E-state index >= 15 is 0 Å². The number of ether oxygens (including phenoxy) is 1. The third kappa shape index (κ3) is 4.64. The molecule has 6 nitrogen and oxygen atoms in total. The molecule has 0 saturated carbocycles. The molecule has 1 amide bonds. The lowest BCUT2D eigenvalue weighted by Crippen LogP contribution is -2.27. The number of para-hydroxylation sites is 3. The van der Waals surface area contributed by atoms with E-state index in [1.807, 2.05) is 60.9 Å². The summed E-state index contributed by atoms with van der Waals surface area (Å²) in [7, 11) is 0. The van der Waals surface area contributed by atoms with Crippen LogP contribution < -0.4 is 9.64 Å². The van der Waals surface area contributed by atoms with Crippen molar-refractivity contribution in [3.05, 3.63) is 89.5 Å². The van der Waals surface area contributed by atoms with Gasteiger partial charge in [0, 0.05) is 18.9 Å². The van der Waals surface area contributed by atoms with Crippen LogP contribution in [0.5, 0.6) is 5.75 Å². The van der Waals surface area contributed by atoms with E-state index in [0.29, 0.717) is 12.4 Å². The van der Waals surface area contributed by atoms with Crippen molar-refractivity contribution in [3.63, 3.8) is 0 Å². The fourth-order valence-corrected chi connectivity index (χ4v) is 4.69. The normalized spacial score (nSPS) is 16.7. The van der Waals surface area contributed by atoms with E-state index < -0.39 is 11.9 Å². The van der Waals surface area contributed by atoms with Gasteiger partial charge in [0.15, 0.2) is 0 Å². The predicted octanol–water partition coefficient (Wildman–Crippen LogP) is 4.75. The summed E-state index contributed by atoms with van der Waals surface area (Å²) in [5.41, 5.74) is 4.05. The smallest absolute Gasteiger partial charge is 0.227 e. The Balaban J connectivity index is 1.39. The van der Waals surface area contributed by atoms with E-state index in [1.165, 1.54) is 11.0 Å². The largest absolute Gasteiger partial charge is 0.491 e. The number of hydrogen-bond donors (Lipinski definition) is 1. The first kappa shape index (κ1) is 23.1. The Labute approximate surface area is 203 Å². The minimum atomic E-state index is -0.786. The van der Waals surface area contributed by atoms with Crippen molar-refractivity contribution in [2.45, 2.75) is 38.8 Å². The van der Waals surface area contributed by atoms with Crippen LogP contribution in [0.1, 0.15) is 29.3 Å². The second kappa shape index (κ2) is 9.50. The quantitative estimate of drug-likeness (QED) is 0.421. The molecule has 5 rings (SSSR count). The fraction of sp³-hybridized carbons (Fsp3) is 0.286. The number of fused-ring (bicyclic) bond motifs is 1. The van der Waals surface area contributed by atoms with Gasteiger partial charge < -0.3 is 19.3 Å². The van der Waals surface area contributed by atoms with Gasteiger partial charge in [0.05, 0.1) is 23.3 Å². The van der Waals surface area contributed by atoms with Crippen molar-refractivity contribution < 1.29 is 19.0 Å². The van der Waals surface area contributed by atoms with E-state index in [-0.39, 0.29) is 37.1 Å². The molecule has 3 aromatic carbocycles. The Hall–Kier alpha value is -3.71. The summed E-state index contributed by atoms with van der Waals surface area (Å²) in [4.78, 5) is 19.1. The van der Waals surface area contributed by atoms with Crippen molar-refractivity contribution in [2.24, 2.45) is 0 Å². The highest BCUT2D eigenvalue weighted by molar-refractivity contribution is 5.96. The standard InChI is InChI=1S/C28H28FN3O3/c1-18-11-12-19(2)26(13-18)35-17-21(33)16-32-25-10-6-4-8-23(25)30-28(32)20-14-27(34)31(15-20)24-9-5-3-7-22(24)29/h3-13,20-21,33H,14-17H2,1-2H3. The zero-order valence-electron chi connectivity index (χ0n) is 19.8. The highest BCUT2D eigenvalue weighted by atomic mass is 19.1. The highest BCUT2D eigenvalue weighted by Crippen LogP contribution is 2.34. The number of hydrogen-bond acceptors (Lipinski definition) is 4. The van der Waals surface area contributed by atoms with Gasteiger partial charge in [0.2, 0.25) is 5.91 Å². The maximum Gasteiger partial charge on any atom is 0.227 e. The first-order valence-electron chi connectivity index (χ1n) is 11.8. The molecule has 2 unspecified atom stereocenters. The second-order valence-corrected chi connectivity index (χ2v) is 9.16. The minimum absolute atomic E-state index is 0.126. The number of carbonyl (C=O) groups is 1. The molecular formula is C28H28FN3O3. The molecule has 1 fully saturated rings. The number of aliphatic hydroxyl groups is 1. The number of aromatic nitrogens is 2. The lowest BCUT2D eigenvalue weighted by atomic mass is 10.1. The first-order valence-corrected chi connectivity index (χ1v) is 11.8. The van der Waals surface area contributed by atoms with Crippen LogP contribution in [0.3, 0.4) is 0 Å². The Kier molecular flexibility index (Phi) is 6.26. The lowest BCUT2D eigenvalue weighted by Gasteiger charge is -2.19. The average Bonchev–Trinajstić information content (AvgIpc) is 3.40. The summed E-state index contributed by atoms with van der Waals surface area (Å²) in [6, 6.07) is 20.0. The molecule has 0 bridgehead atoms. The Bertz CT molecular complexity index is 1380. The lowest BCUT2D eigenvalue weighted by molar-refractivity contribution is -0.117. The average molecular weight is 474 g/mol. The third-order valence-electron chi connectivity index (χ3n) is 6.49. The summed E-state index contributed by atoms with van der Waals surface area (Å²) in [5, 5.41) is 10.9. The van der Waals surface area contributed by atoms with Crippen LogP contribution in [0.15, 0.2) is 66.7 Å². The van der Waals surface area contributed by atoms with E-state index in [1.54, 1.807) is 18.2 Å². The Morgan fingerprint density at radius 1 is 1.11 bits per heavy atom. The predicted molar refractivity (Wildman–Crippen MR) is 133 cm³/mol. The molecule has 1 aliphatic rings. The van der Waals surface area contributed by atoms with Crippen LogP contribution in [0.4, 0.5) is 10.1 Å². The van der Waals surface area contributed by atoms with Gasteiger partial charge in [0.25, 0.3) is 0 Å². The zero-order valence-corrected chi connectivity index (χ0v) is 19.8. The van der Waals surface area contributed by atoms with Gasteiger partial charge in [-0.15, -0.1) is 0 Å². The summed E-state index contributed by atoms with van der Waals surface area (Å²) in [6.45, 7) is 4.70. The molecule has 1 aliphatic heterocycles. The molecule has 35 heavy (non-hydrogen) atoms. The van der Waals surface area contributed by atoms with Gasteiger partial charge in [0.1, 0.15) is 30.1 Å². The SMILES string of the molecule is Cc1ccc(C)c(OCC(O)Cn2c(C3CC(=O)N(c4ccccc4F)C3)nc3ccccc32)c1. The highest BCUT2D eigenvalue weighted by Gasteiger charge is 2.36. The number of aryl methyl sites for hydroxylation is 2. The number of rotatable bonds is 7. The molecule has 4 aromatic rings. The van der Waals surface area contributed by atoms with Crippen LogP contribution >= 0.6 is 0 Å². The number of halogens is 1. The van der Waals surface area contributed by atoms with Gasteiger partial charge >= 0.3 is 0 Å². The molecule has 0 radical (unpaired) electrons. The number of nitrogens with zero attached hydrogens (tertiary/aromatic N) is 3. The van der Waals surface area contributed by atoms with E-state index in [4.69, 9.17) is 9.72 Å². The molecule has 0 aliphatic carbocycles. The van der Waals surface area contributed by atoms with Gasteiger partial charge in [-0.1, -0.05) is 36.4 Å². The van der Waals surface area contributed by atoms with E-state index in [0.717, 1.165) is 27.9 Å². The van der Waals surface area contributed by atoms with Gasteiger partial charge in [-0.2, -0.15) is 0 Å². The van der Waals surface area contributed by atoms with Crippen molar-refractivity contribution in [2.75, 3.05) is 18.1 Å². The van der Waals surface area contributed by atoms with Crippen molar-refractivity contribution in [1.29, 1.82) is 0 Å². The van der Waals surface area contributed by atoms with Crippen molar-refractivity contribution in [1.82, 2.24) is 9.55 Å². The monoisotopic (exact) mass is 473 g/mol. The number of carbonyl (C=O) groups excluding carboxylic acids is 1. The molecule has 7 heteroatoms. The molecule has 1 saturated heterocycles. The summed E-state index contributed by atoms with van der Waals surface area (Å²) < 4.78 is 22.3. The number of aliphatic hydroxyl groups excluding tert-OH is 1. The van der Waals surface area contributed by atoms with Crippen LogP contribution in [-0.4, -0.2) is 39.8 Å². The second-order valence-electron chi connectivity index (χ2n) is 9.16. The maximum absolute atomic E-state index is 14.4. The Morgan fingerprint density at radius 2 is 1.89 bits per heavy atom. The van der Waals surface area contributed by atoms with E-state index in [9.17, 15) is 14.3 Å². The molecular weight excluding hydrogens is 445 g/mol. The topological polar surface area (TPSA) is 67.6 Å². The molecule has 1 N–H and O–H groups in total. The molecule has 2 atom stereocenters. The molecule has 180 valence electrons. The maximum atomic E-state index is 14.4.